The molecule has 1 aliphatic rings. The highest BCUT2D eigenvalue weighted by atomic mass is 19.4. The maximum atomic E-state index is 14.9. The van der Waals surface area contributed by atoms with Crippen LogP contribution >= 0.6 is 0 Å². The second-order valence-electron chi connectivity index (χ2n) is 7.82. The van der Waals surface area contributed by atoms with E-state index < -0.39 is 77.8 Å². The molecule has 1 heterocycles. The van der Waals surface area contributed by atoms with E-state index in [0.29, 0.717) is 6.92 Å². The van der Waals surface area contributed by atoms with E-state index in [9.17, 15) is 80.1 Å². The third kappa shape index (κ3) is 3.63. The van der Waals surface area contributed by atoms with E-state index in [2.05, 4.69) is 9.47 Å². The summed E-state index contributed by atoms with van der Waals surface area (Å²) in [5, 5.41) is 9.41. The van der Waals surface area contributed by atoms with Crippen molar-refractivity contribution in [3.05, 3.63) is 0 Å². The van der Waals surface area contributed by atoms with Gasteiger partial charge in [0.2, 0.25) is 5.60 Å². The number of ether oxygens (including phenoxy) is 2. The molecule has 0 radical (unpaired) electrons. The molecule has 214 valence electrons. The lowest BCUT2D eigenvalue weighted by atomic mass is 9.69. The molecule has 0 aromatic carbocycles. The summed E-state index contributed by atoms with van der Waals surface area (Å²) in [6.45, 7) is -0.181. The molecule has 4 unspecified atom stereocenters. The highest BCUT2D eigenvalue weighted by molar-refractivity contribution is 5.78. The first-order valence-electron chi connectivity index (χ1n) is 9.14. The van der Waals surface area contributed by atoms with Gasteiger partial charge in [0.1, 0.15) is 0 Å². The van der Waals surface area contributed by atoms with Gasteiger partial charge < -0.3 is 14.6 Å². The van der Waals surface area contributed by atoms with Gasteiger partial charge in [0, 0.05) is 0 Å². The molecule has 0 aromatic heterocycles. The summed E-state index contributed by atoms with van der Waals surface area (Å²) >= 11 is 0. The third-order valence-corrected chi connectivity index (χ3v) is 5.91. The number of rotatable bonds is 4. The molecule has 1 saturated heterocycles. The standard InChI is InChI=1S/C16H14F16O4/c1-4-7(3,13(21,22)23)6(33)35-12(16(30,31)32)11(19,20)9(34,15(27,28)29)10(17,18)8(5-2,36-12)14(24,25)26/h34H,4-5H2,1-3H3. The van der Waals surface area contributed by atoms with Crippen molar-refractivity contribution in [3.63, 3.8) is 0 Å². The quantitative estimate of drug-likeness (QED) is 0.327. The number of alkyl halides is 16. The van der Waals surface area contributed by atoms with Gasteiger partial charge in [-0.1, -0.05) is 13.8 Å². The number of halogens is 16. The van der Waals surface area contributed by atoms with Gasteiger partial charge in [-0.2, -0.15) is 70.2 Å². The van der Waals surface area contributed by atoms with Crippen LogP contribution in [0.15, 0.2) is 0 Å². The average molecular weight is 574 g/mol. The minimum atomic E-state index is -7.83. The zero-order valence-corrected chi connectivity index (χ0v) is 17.6. The Morgan fingerprint density at radius 3 is 1.44 bits per heavy atom. The van der Waals surface area contributed by atoms with Crippen molar-refractivity contribution in [3.8, 4) is 0 Å². The van der Waals surface area contributed by atoms with Crippen molar-refractivity contribution in [1.29, 1.82) is 0 Å². The highest BCUT2D eigenvalue weighted by Gasteiger charge is 3.02. The first-order valence-corrected chi connectivity index (χ1v) is 9.14. The smallest absolute Gasteiger partial charge is 0.417 e. The molecule has 1 rings (SSSR count). The first kappa shape index (κ1) is 32.3. The fourth-order valence-corrected chi connectivity index (χ4v) is 3.27. The average Bonchev–Trinajstić information content (AvgIpc) is 2.64. The number of carbonyl (C=O) groups excluding carboxylic acids is 1. The van der Waals surface area contributed by atoms with Gasteiger partial charge in [0.05, 0.1) is 0 Å². The van der Waals surface area contributed by atoms with E-state index in [1.54, 1.807) is 0 Å². The molecule has 4 nitrogen and oxygen atoms in total. The van der Waals surface area contributed by atoms with Crippen LogP contribution in [-0.2, 0) is 14.3 Å². The van der Waals surface area contributed by atoms with Gasteiger partial charge in [-0.05, 0) is 19.8 Å². The Morgan fingerprint density at radius 1 is 0.778 bits per heavy atom. The summed E-state index contributed by atoms with van der Waals surface area (Å²) in [4.78, 5) is 12.0. The normalized spacial score (nSPS) is 33.1. The molecule has 0 saturated carbocycles. The molecule has 0 amide bonds. The van der Waals surface area contributed by atoms with E-state index in [-0.39, 0.29) is 13.8 Å². The molecule has 20 heteroatoms. The van der Waals surface area contributed by atoms with Crippen LogP contribution in [0, 0.1) is 5.41 Å². The minimum absolute atomic E-state index is 0.226. The summed E-state index contributed by atoms with van der Waals surface area (Å²) < 4.78 is 227. The molecule has 0 aliphatic carbocycles. The molecule has 0 aromatic rings. The molecule has 4 atom stereocenters. The van der Waals surface area contributed by atoms with Crippen molar-refractivity contribution in [2.75, 3.05) is 0 Å². The Kier molecular flexibility index (Phi) is 7.30. The summed E-state index contributed by atoms with van der Waals surface area (Å²) in [6, 6.07) is 0. The van der Waals surface area contributed by atoms with E-state index in [0.717, 1.165) is 0 Å². The molecule has 0 spiro atoms. The number of esters is 1. The van der Waals surface area contributed by atoms with Crippen molar-refractivity contribution in [1.82, 2.24) is 0 Å². The summed E-state index contributed by atoms with van der Waals surface area (Å²) in [7, 11) is 0. The van der Waals surface area contributed by atoms with E-state index in [1.807, 2.05) is 0 Å². The lowest BCUT2D eigenvalue weighted by molar-refractivity contribution is -0.579. The largest absolute Gasteiger partial charge is 0.462 e. The lowest BCUT2D eigenvalue weighted by Gasteiger charge is -2.60. The van der Waals surface area contributed by atoms with Gasteiger partial charge >= 0.3 is 48.3 Å². The molecule has 1 N–H and O–H groups in total. The van der Waals surface area contributed by atoms with Gasteiger partial charge in [0.15, 0.2) is 5.41 Å². The topological polar surface area (TPSA) is 55.8 Å². The van der Waals surface area contributed by atoms with E-state index in [1.165, 1.54) is 0 Å². The van der Waals surface area contributed by atoms with Crippen molar-refractivity contribution in [2.45, 2.75) is 87.2 Å². The van der Waals surface area contributed by atoms with Gasteiger partial charge in [-0.3, -0.25) is 4.79 Å². The zero-order valence-electron chi connectivity index (χ0n) is 17.6. The zero-order chi connectivity index (χ0) is 29.4. The van der Waals surface area contributed by atoms with Crippen LogP contribution in [0.2, 0.25) is 0 Å². The first-order chi connectivity index (χ1) is 15.5. The Balaban J connectivity index is 4.33. The van der Waals surface area contributed by atoms with Crippen molar-refractivity contribution in [2.24, 2.45) is 5.41 Å². The third-order valence-electron chi connectivity index (χ3n) is 5.91. The molecule has 1 aliphatic heterocycles. The SMILES string of the molecule is CCC(C)(C(=O)OC1(C(F)(F)F)OC(CC)(C(F)(F)F)C(F)(F)C(O)(C(F)(F)F)C1(F)F)C(F)(F)F. The molecule has 1 fully saturated rings. The summed E-state index contributed by atoms with van der Waals surface area (Å²) in [5.74, 6) is -26.0. The number of carbonyl (C=O) groups is 1. The predicted octanol–water partition coefficient (Wildman–Crippen LogP) is 6.07. The van der Waals surface area contributed by atoms with Gasteiger partial charge in [0.25, 0.3) is 5.60 Å². The van der Waals surface area contributed by atoms with Crippen LogP contribution in [0.5, 0.6) is 0 Å². The predicted molar refractivity (Wildman–Crippen MR) is 80.4 cm³/mol. The fraction of sp³-hybridized carbons (Fsp3) is 0.938. The van der Waals surface area contributed by atoms with Crippen LogP contribution < -0.4 is 0 Å². The number of hydrogen-bond donors (Lipinski definition) is 1. The second kappa shape index (κ2) is 8.13. The van der Waals surface area contributed by atoms with Crippen LogP contribution in [0.25, 0.3) is 0 Å². The number of hydrogen-bond acceptors (Lipinski definition) is 4. The number of aliphatic hydroxyl groups is 1. The Morgan fingerprint density at radius 2 is 1.19 bits per heavy atom. The van der Waals surface area contributed by atoms with E-state index >= 15 is 0 Å². The van der Waals surface area contributed by atoms with Crippen LogP contribution in [0.3, 0.4) is 0 Å². The van der Waals surface area contributed by atoms with E-state index in [4.69, 9.17) is 0 Å². The van der Waals surface area contributed by atoms with Crippen LogP contribution in [0.4, 0.5) is 70.2 Å². The molecule has 0 bridgehead atoms. The fourth-order valence-electron chi connectivity index (χ4n) is 3.27. The maximum Gasteiger partial charge on any atom is 0.462 e. The lowest BCUT2D eigenvalue weighted by Crippen LogP contribution is -2.90. The monoisotopic (exact) mass is 574 g/mol. The minimum Gasteiger partial charge on any atom is -0.417 e. The Labute approximate surface area is 189 Å². The van der Waals surface area contributed by atoms with Crippen LogP contribution in [-0.4, -0.2) is 64.6 Å². The van der Waals surface area contributed by atoms with Crippen molar-refractivity contribution >= 4 is 5.97 Å². The van der Waals surface area contributed by atoms with Crippen LogP contribution in [0.1, 0.15) is 33.6 Å². The van der Waals surface area contributed by atoms with Gasteiger partial charge in [-0.15, -0.1) is 0 Å². The molecule has 36 heavy (non-hydrogen) atoms. The maximum absolute atomic E-state index is 14.9. The van der Waals surface area contributed by atoms with Gasteiger partial charge in [-0.25, -0.2) is 0 Å². The Bertz CT molecular complexity index is 858. The second-order valence-corrected chi connectivity index (χ2v) is 7.82. The molecular weight excluding hydrogens is 560 g/mol. The Hall–Kier alpha value is -1.73. The summed E-state index contributed by atoms with van der Waals surface area (Å²) in [6.07, 6.45) is -33.0. The molecular formula is C16H14F16O4. The highest BCUT2D eigenvalue weighted by Crippen LogP contribution is 2.70. The van der Waals surface area contributed by atoms with Crippen molar-refractivity contribution < 1.29 is 89.6 Å². The summed E-state index contributed by atoms with van der Waals surface area (Å²) in [5.41, 5.74) is -18.3.